The van der Waals surface area contributed by atoms with Gasteiger partial charge < -0.3 is 5.32 Å². The average Bonchev–Trinajstić information content (AvgIpc) is 2.55. The quantitative estimate of drug-likeness (QED) is 0.740. The summed E-state index contributed by atoms with van der Waals surface area (Å²) in [6.45, 7) is 3.37. The molecule has 3 heteroatoms. The first-order valence-electron chi connectivity index (χ1n) is 4.16. The summed E-state index contributed by atoms with van der Waals surface area (Å²) in [5, 5.41) is 3.50. The van der Waals surface area contributed by atoms with Crippen molar-refractivity contribution in [2.75, 3.05) is 6.54 Å². The number of nitrogens with one attached hydrogen (secondary N) is 1. The van der Waals surface area contributed by atoms with Gasteiger partial charge in [0.1, 0.15) is 0 Å². The molecule has 1 nitrogen and oxygen atoms in total. The minimum atomic E-state index is 0. The zero-order valence-corrected chi connectivity index (χ0v) is 8.80. The zero-order chi connectivity index (χ0) is 7.68. The Balaban J connectivity index is 0.000000720. The lowest BCUT2D eigenvalue weighted by Gasteiger charge is -2.05. The van der Waals surface area contributed by atoms with Crippen LogP contribution in [0, 0.1) is 6.92 Å². The van der Waals surface area contributed by atoms with Crippen molar-refractivity contribution in [2.24, 2.45) is 0 Å². The second kappa shape index (κ2) is 4.26. The van der Waals surface area contributed by atoms with E-state index in [1.54, 1.807) is 0 Å². The maximum absolute atomic E-state index is 3.50. The first-order chi connectivity index (χ1) is 5.36. The van der Waals surface area contributed by atoms with Crippen LogP contribution in [0.3, 0.4) is 0 Å². The highest BCUT2D eigenvalue weighted by Crippen LogP contribution is 2.28. The van der Waals surface area contributed by atoms with Crippen molar-refractivity contribution < 1.29 is 0 Å². The number of rotatable bonds is 1. The number of aryl methyl sites for hydroxylation is 1. The highest BCUT2D eigenvalue weighted by Gasteiger charge is 2.16. The summed E-state index contributed by atoms with van der Waals surface area (Å²) in [6, 6.07) is 5.12. The van der Waals surface area contributed by atoms with Crippen LogP contribution >= 0.6 is 23.7 Å². The van der Waals surface area contributed by atoms with Gasteiger partial charge in [-0.2, -0.15) is 0 Å². The zero-order valence-electron chi connectivity index (χ0n) is 7.17. The lowest BCUT2D eigenvalue weighted by atomic mass is 10.2. The van der Waals surface area contributed by atoms with Crippen LogP contribution in [0.15, 0.2) is 12.1 Å². The predicted octanol–water partition coefficient (Wildman–Crippen LogP) is 2.90. The van der Waals surface area contributed by atoms with Gasteiger partial charge in [0.15, 0.2) is 0 Å². The first kappa shape index (κ1) is 10.0. The molecule has 0 radical (unpaired) electrons. The molecule has 0 amide bonds. The van der Waals surface area contributed by atoms with E-state index in [2.05, 4.69) is 24.4 Å². The van der Waals surface area contributed by atoms with E-state index in [0.29, 0.717) is 6.04 Å². The van der Waals surface area contributed by atoms with Crippen molar-refractivity contribution in [3.05, 3.63) is 21.9 Å². The smallest absolute Gasteiger partial charge is 0.0415 e. The SMILES string of the molecule is Cc1ccc([C@@H]2CCCN2)s1.Cl. The molecule has 1 N–H and O–H groups in total. The monoisotopic (exact) mass is 203 g/mol. The molecule has 68 valence electrons. The standard InChI is InChI=1S/C9H13NS.ClH/c1-7-4-5-9(11-7)8-3-2-6-10-8;/h4-5,8,10H,2-3,6H2,1H3;1H/t8-;/m0./s1. The largest absolute Gasteiger partial charge is 0.309 e. The van der Waals surface area contributed by atoms with E-state index in [9.17, 15) is 0 Å². The van der Waals surface area contributed by atoms with E-state index >= 15 is 0 Å². The van der Waals surface area contributed by atoms with Crippen LogP contribution in [-0.2, 0) is 0 Å². The lowest BCUT2D eigenvalue weighted by molar-refractivity contribution is 0.660. The molecule has 1 saturated heterocycles. The molecule has 1 aliphatic heterocycles. The molecule has 2 heterocycles. The number of hydrogen-bond acceptors (Lipinski definition) is 2. The molecule has 1 aliphatic rings. The fourth-order valence-electron chi connectivity index (χ4n) is 1.57. The van der Waals surface area contributed by atoms with Gasteiger partial charge in [0.2, 0.25) is 0 Å². The topological polar surface area (TPSA) is 12.0 Å². The van der Waals surface area contributed by atoms with Crippen molar-refractivity contribution >= 4 is 23.7 Å². The minimum absolute atomic E-state index is 0. The Labute approximate surface area is 83.6 Å². The summed E-state index contributed by atoms with van der Waals surface area (Å²) in [4.78, 5) is 2.94. The summed E-state index contributed by atoms with van der Waals surface area (Å²) in [5.74, 6) is 0. The molecule has 0 unspecified atom stereocenters. The normalized spacial score (nSPS) is 22.2. The van der Waals surface area contributed by atoms with E-state index in [-0.39, 0.29) is 12.4 Å². The van der Waals surface area contributed by atoms with Gasteiger partial charge in [-0.25, -0.2) is 0 Å². The van der Waals surface area contributed by atoms with Crippen LogP contribution in [0.5, 0.6) is 0 Å². The summed E-state index contributed by atoms with van der Waals surface area (Å²) < 4.78 is 0. The highest BCUT2D eigenvalue weighted by atomic mass is 35.5. The van der Waals surface area contributed by atoms with Gasteiger partial charge in [0.25, 0.3) is 0 Å². The van der Waals surface area contributed by atoms with Gasteiger partial charge in [-0.3, -0.25) is 0 Å². The third-order valence-electron chi connectivity index (χ3n) is 2.16. The van der Waals surface area contributed by atoms with Gasteiger partial charge in [-0.15, -0.1) is 23.7 Å². The molecule has 0 aromatic carbocycles. The minimum Gasteiger partial charge on any atom is -0.309 e. The molecule has 2 rings (SSSR count). The van der Waals surface area contributed by atoms with Crippen LogP contribution in [-0.4, -0.2) is 6.54 Å². The lowest BCUT2D eigenvalue weighted by Crippen LogP contribution is -2.11. The molecule has 0 aliphatic carbocycles. The van der Waals surface area contributed by atoms with E-state index in [1.807, 2.05) is 11.3 Å². The first-order valence-corrected chi connectivity index (χ1v) is 4.97. The summed E-state index contributed by atoms with van der Waals surface area (Å²) in [5.41, 5.74) is 0. The van der Waals surface area contributed by atoms with E-state index in [1.165, 1.54) is 29.1 Å². The number of halogens is 1. The molecular weight excluding hydrogens is 190 g/mol. The average molecular weight is 204 g/mol. The van der Waals surface area contributed by atoms with E-state index in [4.69, 9.17) is 0 Å². The Kier molecular flexibility index (Phi) is 3.56. The summed E-state index contributed by atoms with van der Waals surface area (Å²) in [6.07, 6.45) is 2.65. The molecule has 1 aromatic rings. The van der Waals surface area contributed by atoms with Gasteiger partial charge in [-0.1, -0.05) is 0 Å². The van der Waals surface area contributed by atoms with E-state index in [0.717, 1.165) is 0 Å². The molecule has 0 bridgehead atoms. The molecule has 1 atom stereocenters. The number of hydrogen-bond donors (Lipinski definition) is 1. The predicted molar refractivity (Wildman–Crippen MR) is 56.3 cm³/mol. The third kappa shape index (κ3) is 2.00. The van der Waals surface area contributed by atoms with Gasteiger partial charge in [0, 0.05) is 15.8 Å². The van der Waals surface area contributed by atoms with Gasteiger partial charge >= 0.3 is 0 Å². The maximum Gasteiger partial charge on any atom is 0.0415 e. The molecule has 0 saturated carbocycles. The fourth-order valence-corrected chi connectivity index (χ4v) is 2.56. The summed E-state index contributed by atoms with van der Waals surface area (Å²) in [7, 11) is 0. The molecular formula is C9H14ClNS. The molecule has 1 fully saturated rings. The molecule has 12 heavy (non-hydrogen) atoms. The van der Waals surface area contributed by atoms with Gasteiger partial charge in [0.05, 0.1) is 0 Å². The van der Waals surface area contributed by atoms with Crippen LogP contribution in [0.2, 0.25) is 0 Å². The fraction of sp³-hybridized carbons (Fsp3) is 0.556. The maximum atomic E-state index is 3.50. The van der Waals surface area contributed by atoms with Crippen molar-refractivity contribution in [1.82, 2.24) is 5.32 Å². The molecule has 1 aromatic heterocycles. The third-order valence-corrected chi connectivity index (χ3v) is 3.28. The van der Waals surface area contributed by atoms with Crippen LogP contribution < -0.4 is 5.32 Å². The second-order valence-corrected chi connectivity index (χ2v) is 4.42. The second-order valence-electron chi connectivity index (χ2n) is 3.10. The molecule has 0 spiro atoms. The van der Waals surface area contributed by atoms with Crippen LogP contribution in [0.1, 0.15) is 28.6 Å². The number of thiophene rings is 1. The van der Waals surface area contributed by atoms with Crippen LogP contribution in [0.4, 0.5) is 0 Å². The van der Waals surface area contributed by atoms with Crippen molar-refractivity contribution in [3.8, 4) is 0 Å². The Bertz CT molecular complexity index is 240. The van der Waals surface area contributed by atoms with E-state index < -0.39 is 0 Å². The Morgan fingerprint density at radius 1 is 1.50 bits per heavy atom. The van der Waals surface area contributed by atoms with Crippen molar-refractivity contribution in [3.63, 3.8) is 0 Å². The Morgan fingerprint density at radius 3 is 2.83 bits per heavy atom. The van der Waals surface area contributed by atoms with Gasteiger partial charge in [-0.05, 0) is 38.4 Å². The highest BCUT2D eigenvalue weighted by molar-refractivity contribution is 7.12. The van der Waals surface area contributed by atoms with Crippen molar-refractivity contribution in [1.29, 1.82) is 0 Å². The van der Waals surface area contributed by atoms with Crippen LogP contribution in [0.25, 0.3) is 0 Å². The van der Waals surface area contributed by atoms with Crippen molar-refractivity contribution in [2.45, 2.75) is 25.8 Å². The Hall–Kier alpha value is -0.0500. The summed E-state index contributed by atoms with van der Waals surface area (Å²) >= 11 is 1.92. The Morgan fingerprint density at radius 2 is 2.33 bits per heavy atom.